The average Bonchev–Trinajstić information content (AvgIpc) is 3.57. The molecule has 8 heteroatoms. The molecule has 3 aromatic heterocycles. The molecule has 0 radical (unpaired) electrons. The Morgan fingerprint density at radius 2 is 2.03 bits per heavy atom. The number of carbonyl (C=O) groups is 1. The Morgan fingerprint density at radius 3 is 2.88 bits per heavy atom. The molecule has 5 rings (SSSR count). The van der Waals surface area contributed by atoms with Crippen LogP contribution < -0.4 is 5.32 Å². The Bertz CT molecular complexity index is 1320. The monoisotopic (exact) mass is 586 g/mol. The zero-order chi connectivity index (χ0) is 22.8. The molecule has 1 amide bonds. The van der Waals surface area contributed by atoms with Crippen molar-refractivity contribution in [1.82, 2.24) is 5.32 Å². The average molecular weight is 588 g/mol. The van der Waals surface area contributed by atoms with E-state index in [0.717, 1.165) is 62.3 Å². The van der Waals surface area contributed by atoms with E-state index in [2.05, 4.69) is 42.2 Å². The van der Waals surface area contributed by atoms with E-state index in [0.29, 0.717) is 17.9 Å². The molecule has 0 saturated carbocycles. The molecule has 0 saturated heterocycles. The largest absolute Gasteiger partial charge is 0.467 e. The highest BCUT2D eigenvalue weighted by molar-refractivity contribution is 9.11. The van der Waals surface area contributed by atoms with Crippen molar-refractivity contribution in [2.45, 2.75) is 32.2 Å². The van der Waals surface area contributed by atoms with Crippen LogP contribution in [0.5, 0.6) is 0 Å². The summed E-state index contributed by atoms with van der Waals surface area (Å²) in [4.78, 5) is 19.1. The van der Waals surface area contributed by atoms with Gasteiger partial charge in [-0.3, -0.25) is 4.79 Å². The van der Waals surface area contributed by atoms with Gasteiger partial charge >= 0.3 is 0 Å². The summed E-state index contributed by atoms with van der Waals surface area (Å²) in [6.45, 7) is 0.350. The van der Waals surface area contributed by atoms with Crippen molar-refractivity contribution in [3.63, 3.8) is 0 Å². The van der Waals surface area contributed by atoms with Crippen LogP contribution in [0.25, 0.3) is 11.3 Å². The lowest BCUT2D eigenvalue weighted by molar-refractivity contribution is 0.0948. The van der Waals surface area contributed by atoms with E-state index in [9.17, 15) is 4.79 Å². The molecule has 0 unspecified atom stereocenters. The number of nitrogens with zero attached hydrogens (tertiary/aromatic N) is 1. The van der Waals surface area contributed by atoms with Crippen LogP contribution in [0.4, 0.5) is 5.00 Å². The van der Waals surface area contributed by atoms with E-state index in [4.69, 9.17) is 8.83 Å². The van der Waals surface area contributed by atoms with Gasteiger partial charge in [-0.2, -0.15) is 0 Å². The third-order valence-corrected chi connectivity index (χ3v) is 7.90. The number of rotatable bonds is 6. The highest BCUT2D eigenvalue weighted by Gasteiger charge is 2.25. The van der Waals surface area contributed by atoms with Gasteiger partial charge < -0.3 is 14.2 Å². The van der Waals surface area contributed by atoms with Gasteiger partial charge in [0.25, 0.3) is 5.91 Å². The fourth-order valence-corrected chi connectivity index (χ4v) is 5.95. The van der Waals surface area contributed by atoms with Crippen LogP contribution in [0, 0.1) is 0 Å². The summed E-state index contributed by atoms with van der Waals surface area (Å²) in [6, 6.07) is 13.4. The first-order chi connectivity index (χ1) is 16.1. The molecule has 1 aliphatic rings. The summed E-state index contributed by atoms with van der Waals surface area (Å²) in [6.07, 6.45) is 7.44. The van der Waals surface area contributed by atoms with Crippen molar-refractivity contribution in [3.8, 4) is 11.3 Å². The van der Waals surface area contributed by atoms with E-state index in [-0.39, 0.29) is 5.91 Å². The topological polar surface area (TPSA) is 67.7 Å². The molecule has 0 aliphatic heterocycles. The van der Waals surface area contributed by atoms with Gasteiger partial charge in [0.15, 0.2) is 0 Å². The lowest BCUT2D eigenvalue weighted by Crippen LogP contribution is -2.23. The molecule has 0 fully saturated rings. The summed E-state index contributed by atoms with van der Waals surface area (Å²) in [5.41, 5.74) is 2.76. The lowest BCUT2D eigenvalue weighted by Gasteiger charge is -2.12. The Hall–Kier alpha value is -2.42. The van der Waals surface area contributed by atoms with Crippen LogP contribution in [0.2, 0.25) is 0 Å². The fourth-order valence-electron chi connectivity index (χ4n) is 3.92. The predicted molar refractivity (Wildman–Crippen MR) is 138 cm³/mol. The number of carbonyl (C=O) groups excluding carboxylic acids is 1. The first kappa shape index (κ1) is 22.4. The van der Waals surface area contributed by atoms with Crippen LogP contribution in [-0.2, 0) is 19.4 Å². The Balaban J connectivity index is 1.41. The van der Waals surface area contributed by atoms with E-state index in [1.165, 1.54) is 4.88 Å². The van der Waals surface area contributed by atoms with Gasteiger partial charge in [-0.05, 0) is 73.7 Å². The number of hydrogen-bond donors (Lipinski definition) is 1. The molecular formula is C25H20Br2N2O3S. The zero-order valence-electron chi connectivity index (χ0n) is 17.6. The second-order valence-electron chi connectivity index (χ2n) is 7.74. The maximum absolute atomic E-state index is 13.1. The van der Waals surface area contributed by atoms with Crippen LogP contribution >= 0.6 is 43.2 Å². The van der Waals surface area contributed by atoms with Crippen LogP contribution in [0.1, 0.15) is 45.2 Å². The molecule has 4 aromatic rings. The molecule has 1 aromatic carbocycles. The SMILES string of the molecule is O=C(NCc1ccco1)c1c(N=Cc2ccc(-c3cc(Br)ccc3Br)o2)sc2c1CCCC2. The molecule has 1 aliphatic carbocycles. The van der Waals surface area contributed by atoms with E-state index in [1.807, 2.05) is 42.5 Å². The number of furan rings is 2. The summed E-state index contributed by atoms with van der Waals surface area (Å²) in [7, 11) is 0. The highest BCUT2D eigenvalue weighted by atomic mass is 79.9. The van der Waals surface area contributed by atoms with Crippen molar-refractivity contribution >= 4 is 60.3 Å². The minimum Gasteiger partial charge on any atom is -0.467 e. The van der Waals surface area contributed by atoms with Gasteiger partial charge in [0, 0.05) is 19.4 Å². The molecule has 168 valence electrons. The van der Waals surface area contributed by atoms with Gasteiger partial charge in [-0.25, -0.2) is 4.99 Å². The number of benzene rings is 1. The Labute approximate surface area is 212 Å². The van der Waals surface area contributed by atoms with Crippen molar-refractivity contribution in [2.24, 2.45) is 4.99 Å². The second-order valence-corrected chi connectivity index (χ2v) is 10.6. The van der Waals surface area contributed by atoms with Gasteiger partial charge in [0.1, 0.15) is 22.3 Å². The molecule has 0 spiro atoms. The van der Waals surface area contributed by atoms with Crippen LogP contribution in [0.15, 0.2) is 71.5 Å². The van der Waals surface area contributed by atoms with E-state index >= 15 is 0 Å². The summed E-state index contributed by atoms with van der Waals surface area (Å²) in [5.74, 6) is 1.98. The van der Waals surface area contributed by atoms with Gasteiger partial charge in [0.2, 0.25) is 0 Å². The molecule has 0 atom stereocenters. The molecular weight excluding hydrogens is 568 g/mol. The second kappa shape index (κ2) is 9.83. The highest BCUT2D eigenvalue weighted by Crippen LogP contribution is 2.40. The standard InChI is InChI=1S/C25H20Br2N2O3S/c26-15-7-9-20(27)19(12-15)21-10-8-17(32-21)14-29-25-23(18-5-1-2-6-22(18)33-25)24(30)28-13-16-4-3-11-31-16/h3-4,7-12,14H,1-2,5-6,13H2,(H,28,30). The number of nitrogens with one attached hydrogen (secondary N) is 1. The quantitative estimate of drug-likeness (QED) is 0.235. The van der Waals surface area contributed by atoms with Crippen LogP contribution in [0.3, 0.4) is 0 Å². The maximum Gasteiger partial charge on any atom is 0.255 e. The Morgan fingerprint density at radius 1 is 1.15 bits per heavy atom. The van der Waals surface area contributed by atoms with Crippen molar-refractivity contribution < 1.29 is 13.6 Å². The minimum atomic E-state index is -0.115. The van der Waals surface area contributed by atoms with Gasteiger partial charge in [-0.15, -0.1) is 11.3 Å². The first-order valence-electron chi connectivity index (χ1n) is 10.6. The number of thiophene rings is 1. The van der Waals surface area contributed by atoms with Gasteiger partial charge in [-0.1, -0.05) is 31.9 Å². The van der Waals surface area contributed by atoms with Crippen molar-refractivity contribution in [1.29, 1.82) is 0 Å². The number of aryl methyl sites for hydroxylation is 1. The number of amides is 1. The predicted octanol–water partition coefficient (Wildman–Crippen LogP) is 7.69. The third-order valence-electron chi connectivity index (χ3n) is 5.51. The number of fused-ring (bicyclic) bond motifs is 1. The molecule has 0 bridgehead atoms. The minimum absolute atomic E-state index is 0.115. The Kier molecular flexibility index (Phi) is 6.66. The first-order valence-corrected chi connectivity index (χ1v) is 13.0. The van der Waals surface area contributed by atoms with Crippen molar-refractivity contribution in [2.75, 3.05) is 0 Å². The molecule has 5 nitrogen and oxygen atoms in total. The molecule has 3 heterocycles. The van der Waals surface area contributed by atoms with E-state index in [1.54, 1.807) is 23.8 Å². The number of hydrogen-bond acceptors (Lipinski definition) is 5. The third kappa shape index (κ3) is 4.93. The van der Waals surface area contributed by atoms with Crippen molar-refractivity contribution in [3.05, 3.63) is 85.2 Å². The normalized spacial score (nSPS) is 13.4. The molecule has 33 heavy (non-hydrogen) atoms. The van der Waals surface area contributed by atoms with Crippen LogP contribution in [-0.4, -0.2) is 12.1 Å². The van der Waals surface area contributed by atoms with E-state index < -0.39 is 0 Å². The summed E-state index contributed by atoms with van der Waals surface area (Å²) in [5, 5.41) is 3.70. The fraction of sp³-hybridized carbons (Fsp3) is 0.200. The maximum atomic E-state index is 13.1. The van der Waals surface area contributed by atoms with Gasteiger partial charge in [0.05, 0.1) is 24.6 Å². The lowest BCUT2D eigenvalue weighted by atomic mass is 9.95. The zero-order valence-corrected chi connectivity index (χ0v) is 21.6. The number of halogens is 2. The summed E-state index contributed by atoms with van der Waals surface area (Å²) < 4.78 is 13.3. The molecule has 1 N–H and O–H groups in total. The summed E-state index contributed by atoms with van der Waals surface area (Å²) >= 11 is 8.68. The number of aliphatic imine (C=N–C) groups is 1. The smallest absolute Gasteiger partial charge is 0.255 e.